The first kappa shape index (κ1) is 14.5. The van der Waals surface area contributed by atoms with Crippen LogP contribution in [0.2, 0.25) is 0 Å². The van der Waals surface area contributed by atoms with Gasteiger partial charge in [-0.25, -0.2) is 0 Å². The van der Waals surface area contributed by atoms with Crippen molar-refractivity contribution in [1.82, 2.24) is 4.90 Å². The maximum Gasteiger partial charge on any atom is 0.251 e. The summed E-state index contributed by atoms with van der Waals surface area (Å²) in [6, 6.07) is 9.66. The molecule has 0 fully saturated rings. The second-order valence-electron chi connectivity index (χ2n) is 4.15. The minimum absolute atomic E-state index is 0.00258. The monoisotopic (exact) mass is 251 g/mol. The Balaban J connectivity index is 2.20. The number of para-hydroxylation sites is 1. The number of methoxy groups -OCH3 is 1. The molecule has 1 aromatic rings. The first-order chi connectivity index (χ1) is 8.65. The minimum atomic E-state index is -0.384. The number of nitrogens with zero attached hydrogens (tertiary/aromatic N) is 1. The Bertz CT molecular complexity index is 353. The molecule has 18 heavy (non-hydrogen) atoms. The van der Waals surface area contributed by atoms with E-state index in [1.54, 1.807) is 18.9 Å². The lowest BCUT2D eigenvalue weighted by Gasteiger charge is -2.20. The van der Waals surface area contributed by atoms with Crippen molar-refractivity contribution in [3.05, 3.63) is 30.3 Å². The number of likely N-dealkylation sites (N-methyl/N-ethyl adjacent to an activating group) is 1. The second-order valence-corrected chi connectivity index (χ2v) is 4.15. The van der Waals surface area contributed by atoms with Crippen LogP contribution in [0.1, 0.15) is 13.3 Å². The molecule has 1 atom stereocenters. The summed E-state index contributed by atoms with van der Waals surface area (Å²) in [7, 11) is 3.31. The van der Waals surface area contributed by atoms with E-state index in [2.05, 4.69) is 0 Å². The molecule has 0 aliphatic heterocycles. The van der Waals surface area contributed by atoms with Crippen LogP contribution in [-0.2, 0) is 9.53 Å². The van der Waals surface area contributed by atoms with Crippen LogP contribution < -0.4 is 4.74 Å². The summed E-state index contributed by atoms with van der Waals surface area (Å²) < 4.78 is 10.5. The Morgan fingerprint density at radius 2 is 2.00 bits per heavy atom. The Kier molecular flexibility index (Phi) is 6.22. The highest BCUT2D eigenvalue weighted by molar-refractivity contribution is 5.80. The molecule has 1 rings (SSSR count). The lowest BCUT2D eigenvalue weighted by Crippen LogP contribution is -2.36. The number of ether oxygens (including phenoxy) is 2. The molecule has 0 aromatic heterocycles. The zero-order valence-electron chi connectivity index (χ0n) is 11.3. The van der Waals surface area contributed by atoms with Crippen LogP contribution in [0.3, 0.4) is 0 Å². The first-order valence-electron chi connectivity index (χ1n) is 6.10. The molecule has 0 saturated heterocycles. The number of amides is 1. The standard InChI is InChI=1S/C14H21NO3/c1-12(17-3)14(16)15(2)10-7-11-18-13-8-5-4-6-9-13/h4-6,8-9,12H,7,10-11H2,1-3H3. The van der Waals surface area contributed by atoms with Crippen molar-refractivity contribution in [2.45, 2.75) is 19.4 Å². The van der Waals surface area contributed by atoms with E-state index in [-0.39, 0.29) is 12.0 Å². The van der Waals surface area contributed by atoms with Crippen LogP contribution in [0, 0.1) is 0 Å². The van der Waals surface area contributed by atoms with Crippen molar-refractivity contribution in [2.75, 3.05) is 27.3 Å². The Morgan fingerprint density at radius 3 is 2.61 bits per heavy atom. The summed E-state index contributed by atoms with van der Waals surface area (Å²) in [6.07, 6.45) is 0.415. The van der Waals surface area contributed by atoms with Gasteiger partial charge >= 0.3 is 0 Å². The molecular weight excluding hydrogens is 230 g/mol. The van der Waals surface area contributed by atoms with Gasteiger partial charge in [0.15, 0.2) is 0 Å². The summed E-state index contributed by atoms with van der Waals surface area (Å²) >= 11 is 0. The van der Waals surface area contributed by atoms with Gasteiger partial charge in [0.2, 0.25) is 0 Å². The highest BCUT2D eigenvalue weighted by Gasteiger charge is 2.15. The highest BCUT2D eigenvalue weighted by atomic mass is 16.5. The SMILES string of the molecule is COC(C)C(=O)N(C)CCCOc1ccccc1. The summed E-state index contributed by atoms with van der Waals surface area (Å²) in [6.45, 7) is 3.02. The number of hydrogen-bond donors (Lipinski definition) is 0. The van der Waals surface area contributed by atoms with Crippen LogP contribution in [0.15, 0.2) is 30.3 Å². The molecule has 1 aromatic carbocycles. The third kappa shape index (κ3) is 4.75. The normalized spacial score (nSPS) is 11.9. The predicted molar refractivity (Wildman–Crippen MR) is 70.7 cm³/mol. The molecule has 0 bridgehead atoms. The van der Waals surface area contributed by atoms with Gasteiger partial charge in [0.1, 0.15) is 11.9 Å². The average molecular weight is 251 g/mol. The molecule has 100 valence electrons. The van der Waals surface area contributed by atoms with Gasteiger partial charge in [-0.1, -0.05) is 18.2 Å². The molecule has 1 amide bonds. The van der Waals surface area contributed by atoms with E-state index in [0.717, 1.165) is 12.2 Å². The fourth-order valence-electron chi connectivity index (χ4n) is 1.53. The third-order valence-electron chi connectivity index (χ3n) is 2.73. The Labute approximate surface area is 108 Å². The van der Waals surface area contributed by atoms with Gasteiger partial charge in [-0.3, -0.25) is 4.79 Å². The first-order valence-corrected chi connectivity index (χ1v) is 6.10. The van der Waals surface area contributed by atoms with Gasteiger partial charge < -0.3 is 14.4 Å². The lowest BCUT2D eigenvalue weighted by molar-refractivity contribution is -0.139. The second kappa shape index (κ2) is 7.71. The van der Waals surface area contributed by atoms with Crippen molar-refractivity contribution in [2.24, 2.45) is 0 Å². The van der Waals surface area contributed by atoms with E-state index in [1.165, 1.54) is 7.11 Å². The highest BCUT2D eigenvalue weighted by Crippen LogP contribution is 2.08. The van der Waals surface area contributed by atoms with Crippen molar-refractivity contribution >= 4 is 5.91 Å². The van der Waals surface area contributed by atoms with Gasteiger partial charge in [0.25, 0.3) is 5.91 Å². The fraction of sp³-hybridized carbons (Fsp3) is 0.500. The Morgan fingerprint density at radius 1 is 1.33 bits per heavy atom. The Hall–Kier alpha value is -1.55. The summed E-state index contributed by atoms with van der Waals surface area (Å²) in [4.78, 5) is 13.4. The molecule has 0 spiro atoms. The molecule has 0 heterocycles. The predicted octanol–water partition coefficient (Wildman–Crippen LogP) is 1.95. The molecule has 0 aliphatic rings. The van der Waals surface area contributed by atoms with Crippen LogP contribution in [0.4, 0.5) is 0 Å². The summed E-state index contributed by atoms with van der Waals surface area (Å²) in [5.41, 5.74) is 0. The maximum atomic E-state index is 11.7. The largest absolute Gasteiger partial charge is 0.494 e. The van der Waals surface area contributed by atoms with Crippen LogP contribution in [0.25, 0.3) is 0 Å². The fourth-order valence-corrected chi connectivity index (χ4v) is 1.53. The summed E-state index contributed by atoms with van der Waals surface area (Å²) in [5, 5.41) is 0. The number of benzene rings is 1. The van der Waals surface area contributed by atoms with Crippen LogP contribution >= 0.6 is 0 Å². The molecule has 0 radical (unpaired) electrons. The molecule has 4 heteroatoms. The molecule has 4 nitrogen and oxygen atoms in total. The minimum Gasteiger partial charge on any atom is -0.494 e. The summed E-state index contributed by atoms with van der Waals surface area (Å²) in [5.74, 6) is 0.856. The quantitative estimate of drug-likeness (QED) is 0.695. The van der Waals surface area contributed by atoms with E-state index < -0.39 is 0 Å². The number of carbonyl (C=O) groups is 1. The smallest absolute Gasteiger partial charge is 0.251 e. The van der Waals surface area contributed by atoms with E-state index in [1.807, 2.05) is 30.3 Å². The molecular formula is C14H21NO3. The van der Waals surface area contributed by atoms with Gasteiger partial charge in [-0.05, 0) is 25.5 Å². The van der Waals surface area contributed by atoms with E-state index in [9.17, 15) is 4.79 Å². The van der Waals surface area contributed by atoms with Gasteiger partial charge in [0.05, 0.1) is 6.61 Å². The van der Waals surface area contributed by atoms with E-state index >= 15 is 0 Å². The zero-order chi connectivity index (χ0) is 13.4. The number of carbonyl (C=O) groups excluding carboxylic acids is 1. The molecule has 0 aliphatic carbocycles. The third-order valence-corrected chi connectivity index (χ3v) is 2.73. The van der Waals surface area contributed by atoms with Gasteiger partial charge in [-0.15, -0.1) is 0 Å². The van der Waals surface area contributed by atoms with E-state index in [4.69, 9.17) is 9.47 Å². The van der Waals surface area contributed by atoms with Crippen molar-refractivity contribution in [1.29, 1.82) is 0 Å². The molecule has 0 N–H and O–H groups in total. The average Bonchev–Trinajstić information content (AvgIpc) is 2.42. The lowest BCUT2D eigenvalue weighted by atomic mass is 10.3. The molecule has 0 saturated carbocycles. The van der Waals surface area contributed by atoms with Gasteiger partial charge in [0, 0.05) is 20.7 Å². The zero-order valence-corrected chi connectivity index (χ0v) is 11.3. The topological polar surface area (TPSA) is 38.8 Å². The van der Waals surface area contributed by atoms with E-state index in [0.29, 0.717) is 13.2 Å². The van der Waals surface area contributed by atoms with Crippen LogP contribution in [-0.4, -0.2) is 44.2 Å². The van der Waals surface area contributed by atoms with Crippen molar-refractivity contribution in [3.8, 4) is 5.75 Å². The number of hydrogen-bond acceptors (Lipinski definition) is 3. The van der Waals surface area contributed by atoms with Crippen molar-refractivity contribution < 1.29 is 14.3 Å². The van der Waals surface area contributed by atoms with Crippen molar-refractivity contribution in [3.63, 3.8) is 0 Å². The molecule has 1 unspecified atom stereocenters. The van der Waals surface area contributed by atoms with Crippen LogP contribution in [0.5, 0.6) is 5.75 Å². The number of rotatable bonds is 7. The maximum absolute atomic E-state index is 11.7. The van der Waals surface area contributed by atoms with Gasteiger partial charge in [-0.2, -0.15) is 0 Å².